The zero-order valence-corrected chi connectivity index (χ0v) is 11.0. The molecule has 0 radical (unpaired) electrons. The lowest BCUT2D eigenvalue weighted by Gasteiger charge is -2.19. The fraction of sp³-hybridized carbons (Fsp3) is 0.571. The van der Waals surface area contributed by atoms with Crippen LogP contribution in [-0.4, -0.2) is 26.7 Å². The molecule has 0 aromatic heterocycles. The molecule has 2 nitrogen and oxygen atoms in total. The fourth-order valence-electron chi connectivity index (χ4n) is 1.67. The van der Waals surface area contributed by atoms with E-state index in [1.165, 1.54) is 6.07 Å². The smallest absolute Gasteiger partial charge is 0.125 e. The molecule has 0 aliphatic carbocycles. The summed E-state index contributed by atoms with van der Waals surface area (Å²) in [4.78, 5) is 2.08. The number of anilines is 1. The van der Waals surface area contributed by atoms with Gasteiger partial charge in [-0.25, -0.2) is 4.39 Å². The van der Waals surface area contributed by atoms with E-state index in [9.17, 15) is 4.39 Å². The van der Waals surface area contributed by atoms with Crippen LogP contribution < -0.4 is 10.2 Å². The molecule has 1 N–H and O–H groups in total. The summed E-state index contributed by atoms with van der Waals surface area (Å²) in [6, 6.07) is 6.73. The molecule has 1 aromatic rings. The van der Waals surface area contributed by atoms with E-state index < -0.39 is 0 Å². The van der Waals surface area contributed by atoms with Crippen molar-refractivity contribution in [2.24, 2.45) is 5.92 Å². The normalized spacial score (nSPS) is 10.9. The van der Waals surface area contributed by atoms with Gasteiger partial charge in [0.15, 0.2) is 0 Å². The van der Waals surface area contributed by atoms with Crippen molar-refractivity contribution in [3.05, 3.63) is 30.1 Å². The van der Waals surface area contributed by atoms with Gasteiger partial charge in [-0.3, -0.25) is 0 Å². The van der Waals surface area contributed by atoms with Gasteiger partial charge in [-0.1, -0.05) is 19.9 Å². The predicted octanol–water partition coefficient (Wildman–Crippen LogP) is 2.90. The molecule has 17 heavy (non-hydrogen) atoms. The molecule has 0 saturated heterocycles. The first kappa shape index (κ1) is 14.0. The van der Waals surface area contributed by atoms with E-state index >= 15 is 0 Å². The first-order valence-electron chi connectivity index (χ1n) is 6.27. The van der Waals surface area contributed by atoms with Crippen LogP contribution in [0.3, 0.4) is 0 Å². The highest BCUT2D eigenvalue weighted by Gasteiger charge is 2.01. The summed E-state index contributed by atoms with van der Waals surface area (Å²) in [6.07, 6.45) is 1.07. The Kier molecular flexibility index (Phi) is 5.98. The summed E-state index contributed by atoms with van der Waals surface area (Å²) in [5.41, 5.74) is 0.939. The fourth-order valence-corrected chi connectivity index (χ4v) is 1.67. The molecule has 0 aliphatic heterocycles. The van der Waals surface area contributed by atoms with Gasteiger partial charge in [0.05, 0.1) is 0 Å². The minimum atomic E-state index is -0.174. The summed E-state index contributed by atoms with van der Waals surface area (Å²) in [5, 5.41) is 3.40. The summed E-state index contributed by atoms with van der Waals surface area (Å²) >= 11 is 0. The van der Waals surface area contributed by atoms with E-state index in [1.54, 1.807) is 12.1 Å². The van der Waals surface area contributed by atoms with Gasteiger partial charge >= 0.3 is 0 Å². The van der Waals surface area contributed by atoms with Crippen molar-refractivity contribution in [1.29, 1.82) is 0 Å². The zero-order valence-electron chi connectivity index (χ0n) is 11.0. The van der Waals surface area contributed by atoms with Crippen LogP contribution in [0.15, 0.2) is 24.3 Å². The first-order valence-corrected chi connectivity index (χ1v) is 6.27. The van der Waals surface area contributed by atoms with E-state index in [4.69, 9.17) is 0 Å². The van der Waals surface area contributed by atoms with Crippen molar-refractivity contribution in [2.45, 2.75) is 20.3 Å². The number of nitrogens with zero attached hydrogens (tertiary/aromatic N) is 1. The van der Waals surface area contributed by atoms with Crippen molar-refractivity contribution in [3.8, 4) is 0 Å². The Morgan fingerprint density at radius 3 is 2.76 bits per heavy atom. The van der Waals surface area contributed by atoms with E-state index in [0.717, 1.165) is 31.7 Å². The average Bonchev–Trinajstić information content (AvgIpc) is 2.28. The second-order valence-corrected chi connectivity index (χ2v) is 4.85. The Hall–Kier alpha value is -1.09. The summed E-state index contributed by atoms with van der Waals surface area (Å²) < 4.78 is 13.0. The van der Waals surface area contributed by atoms with Gasteiger partial charge in [0, 0.05) is 19.3 Å². The largest absolute Gasteiger partial charge is 0.374 e. The maximum absolute atomic E-state index is 13.0. The average molecular weight is 238 g/mol. The van der Waals surface area contributed by atoms with Gasteiger partial charge < -0.3 is 10.2 Å². The van der Waals surface area contributed by atoms with Crippen LogP contribution in [0.1, 0.15) is 20.3 Å². The Balaban J connectivity index is 2.23. The van der Waals surface area contributed by atoms with E-state index in [-0.39, 0.29) is 5.82 Å². The van der Waals surface area contributed by atoms with Gasteiger partial charge in [0.2, 0.25) is 0 Å². The molecule has 0 bridgehead atoms. The minimum Gasteiger partial charge on any atom is -0.374 e. The second kappa shape index (κ2) is 7.28. The van der Waals surface area contributed by atoms with Gasteiger partial charge in [0.1, 0.15) is 5.82 Å². The standard InChI is InChI=1S/C14H23FN2/c1-12(2)11-16-8-5-9-17(3)14-7-4-6-13(15)10-14/h4,6-7,10,12,16H,5,8-9,11H2,1-3H3. The molecule has 0 spiro atoms. The molecular formula is C14H23FN2. The van der Waals surface area contributed by atoms with Crippen LogP contribution >= 0.6 is 0 Å². The number of benzene rings is 1. The number of hydrogen-bond acceptors (Lipinski definition) is 2. The molecule has 0 heterocycles. The lowest BCUT2D eigenvalue weighted by Crippen LogP contribution is -2.26. The lowest BCUT2D eigenvalue weighted by atomic mass is 10.2. The third-order valence-electron chi connectivity index (χ3n) is 2.65. The molecule has 0 aliphatic rings. The quantitative estimate of drug-likeness (QED) is 0.735. The first-order chi connectivity index (χ1) is 8.09. The van der Waals surface area contributed by atoms with Crippen LogP contribution in [0.2, 0.25) is 0 Å². The van der Waals surface area contributed by atoms with Gasteiger partial charge in [-0.15, -0.1) is 0 Å². The van der Waals surface area contributed by atoms with Crippen LogP contribution in [0.25, 0.3) is 0 Å². The molecule has 0 atom stereocenters. The highest BCUT2D eigenvalue weighted by atomic mass is 19.1. The van der Waals surface area contributed by atoms with Gasteiger partial charge in [-0.05, 0) is 43.6 Å². The third-order valence-corrected chi connectivity index (χ3v) is 2.65. The lowest BCUT2D eigenvalue weighted by molar-refractivity contribution is 0.543. The molecule has 0 saturated carbocycles. The van der Waals surface area contributed by atoms with Gasteiger partial charge in [-0.2, -0.15) is 0 Å². The summed E-state index contributed by atoms with van der Waals surface area (Å²) in [5.74, 6) is 0.517. The zero-order chi connectivity index (χ0) is 12.7. The highest BCUT2D eigenvalue weighted by molar-refractivity contribution is 5.45. The topological polar surface area (TPSA) is 15.3 Å². The van der Waals surface area contributed by atoms with Crippen LogP contribution in [-0.2, 0) is 0 Å². The van der Waals surface area contributed by atoms with Crippen LogP contribution in [0.5, 0.6) is 0 Å². The van der Waals surface area contributed by atoms with Crippen LogP contribution in [0.4, 0.5) is 10.1 Å². The van der Waals surface area contributed by atoms with Crippen molar-refractivity contribution in [2.75, 3.05) is 31.6 Å². The molecule has 0 fully saturated rings. The predicted molar refractivity (Wildman–Crippen MR) is 72.0 cm³/mol. The molecule has 0 amide bonds. The number of hydrogen-bond donors (Lipinski definition) is 1. The van der Waals surface area contributed by atoms with E-state index in [0.29, 0.717) is 5.92 Å². The minimum absolute atomic E-state index is 0.174. The maximum Gasteiger partial charge on any atom is 0.125 e. The SMILES string of the molecule is CC(C)CNCCCN(C)c1cccc(F)c1. The molecular weight excluding hydrogens is 215 g/mol. The second-order valence-electron chi connectivity index (χ2n) is 4.85. The molecule has 3 heteroatoms. The number of nitrogens with one attached hydrogen (secondary N) is 1. The number of halogens is 1. The Morgan fingerprint density at radius 2 is 2.12 bits per heavy atom. The molecule has 96 valence electrons. The highest BCUT2D eigenvalue weighted by Crippen LogP contribution is 2.13. The maximum atomic E-state index is 13.0. The van der Waals surface area contributed by atoms with Gasteiger partial charge in [0.25, 0.3) is 0 Å². The summed E-state index contributed by atoms with van der Waals surface area (Å²) in [6.45, 7) is 7.41. The van der Waals surface area contributed by atoms with Crippen molar-refractivity contribution < 1.29 is 4.39 Å². The Bertz CT molecular complexity index is 326. The third kappa shape index (κ3) is 5.68. The van der Waals surface area contributed by atoms with E-state index in [2.05, 4.69) is 24.1 Å². The van der Waals surface area contributed by atoms with E-state index in [1.807, 2.05) is 13.1 Å². The Labute approximate surface area is 104 Å². The molecule has 1 aromatic carbocycles. The van der Waals surface area contributed by atoms with Crippen LogP contribution in [0, 0.1) is 11.7 Å². The van der Waals surface area contributed by atoms with Crippen molar-refractivity contribution >= 4 is 5.69 Å². The van der Waals surface area contributed by atoms with Crippen molar-refractivity contribution in [3.63, 3.8) is 0 Å². The monoisotopic (exact) mass is 238 g/mol. The molecule has 1 rings (SSSR count). The Morgan fingerprint density at radius 1 is 1.35 bits per heavy atom. The summed E-state index contributed by atoms with van der Waals surface area (Å²) in [7, 11) is 2.00. The molecule has 0 unspecified atom stereocenters. The van der Waals surface area contributed by atoms with Crippen molar-refractivity contribution in [1.82, 2.24) is 5.32 Å². The number of rotatable bonds is 7.